The average molecular weight is 434 g/mol. The number of hydrogen-bond acceptors (Lipinski definition) is 7. The number of ether oxygens (including phenoxy) is 2. The number of carbonyl (C=O) groups excluding carboxylic acids is 1. The Hall–Kier alpha value is -3.65. The maximum absolute atomic E-state index is 13.6. The molecule has 0 saturated carbocycles. The maximum Gasteiger partial charge on any atom is 0.297 e. The number of methoxy groups -OCH3 is 2. The Morgan fingerprint density at radius 2 is 1.97 bits per heavy atom. The van der Waals surface area contributed by atoms with Gasteiger partial charge in [0.25, 0.3) is 5.91 Å². The Labute approximate surface area is 181 Å². The standard InChI is InChI=1S/C23H18N2O5S/c1-12-7-8-15-14(11-12)19(26)17-18(13-5-4-6-16(28-2)20(13)29-3)25(22(27)21(17)30-15)23-24-9-10-31-23/h4-11,18H,1-3H3. The second kappa shape index (κ2) is 7.24. The first-order chi connectivity index (χ1) is 15.0. The number of nitrogens with zero attached hydrogens (tertiary/aromatic N) is 2. The van der Waals surface area contributed by atoms with Crippen molar-refractivity contribution in [1.82, 2.24) is 4.98 Å². The summed E-state index contributed by atoms with van der Waals surface area (Å²) < 4.78 is 17.1. The van der Waals surface area contributed by atoms with Crippen molar-refractivity contribution >= 4 is 33.3 Å². The number of aromatic nitrogens is 1. The van der Waals surface area contributed by atoms with E-state index in [9.17, 15) is 9.59 Å². The summed E-state index contributed by atoms with van der Waals surface area (Å²) in [5.74, 6) is 0.549. The van der Waals surface area contributed by atoms with Crippen LogP contribution in [0.15, 0.2) is 57.2 Å². The van der Waals surface area contributed by atoms with Crippen molar-refractivity contribution in [2.75, 3.05) is 19.1 Å². The number of amides is 1. The lowest BCUT2D eigenvalue weighted by atomic mass is 9.97. The van der Waals surface area contributed by atoms with Gasteiger partial charge in [0.05, 0.1) is 25.2 Å². The molecule has 0 fully saturated rings. The number of para-hydroxylation sites is 1. The molecule has 8 heteroatoms. The van der Waals surface area contributed by atoms with Gasteiger partial charge in [0.2, 0.25) is 5.76 Å². The number of carbonyl (C=O) groups is 1. The molecule has 5 rings (SSSR count). The van der Waals surface area contributed by atoms with E-state index < -0.39 is 11.9 Å². The normalized spacial score (nSPS) is 15.4. The molecule has 0 radical (unpaired) electrons. The Morgan fingerprint density at radius 3 is 2.68 bits per heavy atom. The first-order valence-corrected chi connectivity index (χ1v) is 10.4. The molecule has 4 aromatic rings. The molecule has 156 valence electrons. The summed E-state index contributed by atoms with van der Waals surface area (Å²) in [6.07, 6.45) is 1.62. The molecule has 1 unspecified atom stereocenters. The maximum atomic E-state index is 13.6. The summed E-state index contributed by atoms with van der Waals surface area (Å²) in [5.41, 5.74) is 1.94. The fourth-order valence-corrected chi connectivity index (χ4v) is 4.71. The number of rotatable bonds is 4. The van der Waals surface area contributed by atoms with E-state index >= 15 is 0 Å². The zero-order valence-corrected chi connectivity index (χ0v) is 17.9. The molecule has 0 N–H and O–H groups in total. The van der Waals surface area contributed by atoms with Crippen molar-refractivity contribution < 1.29 is 18.7 Å². The van der Waals surface area contributed by atoms with E-state index in [1.165, 1.54) is 23.3 Å². The SMILES string of the molecule is COc1cccc(C2c3c(oc4ccc(C)cc4c3=O)C(=O)N2c2nccs2)c1OC. The molecule has 2 aromatic heterocycles. The number of benzene rings is 2. The first-order valence-electron chi connectivity index (χ1n) is 9.56. The van der Waals surface area contributed by atoms with Gasteiger partial charge in [0, 0.05) is 17.1 Å². The van der Waals surface area contributed by atoms with Gasteiger partial charge in [0.1, 0.15) is 11.6 Å². The van der Waals surface area contributed by atoms with Gasteiger partial charge < -0.3 is 13.9 Å². The molecule has 1 atom stereocenters. The van der Waals surface area contributed by atoms with E-state index in [-0.39, 0.29) is 16.8 Å². The smallest absolute Gasteiger partial charge is 0.297 e. The molecule has 0 bridgehead atoms. The van der Waals surface area contributed by atoms with Gasteiger partial charge in [-0.15, -0.1) is 11.3 Å². The summed E-state index contributed by atoms with van der Waals surface area (Å²) in [4.78, 5) is 32.9. The minimum Gasteiger partial charge on any atom is -0.493 e. The third-order valence-electron chi connectivity index (χ3n) is 5.38. The van der Waals surface area contributed by atoms with Crippen molar-refractivity contribution in [1.29, 1.82) is 0 Å². The number of thiazole rings is 1. The summed E-state index contributed by atoms with van der Waals surface area (Å²) in [6, 6.07) is 9.95. The predicted octanol–water partition coefficient (Wildman–Crippen LogP) is 4.32. The highest BCUT2D eigenvalue weighted by molar-refractivity contribution is 7.13. The van der Waals surface area contributed by atoms with Crippen LogP contribution in [0.2, 0.25) is 0 Å². The molecule has 7 nitrogen and oxygen atoms in total. The lowest BCUT2D eigenvalue weighted by Gasteiger charge is -2.24. The fourth-order valence-electron chi connectivity index (χ4n) is 4.04. The lowest BCUT2D eigenvalue weighted by Crippen LogP contribution is -2.29. The molecule has 2 aromatic carbocycles. The number of anilines is 1. The Kier molecular flexibility index (Phi) is 4.51. The van der Waals surface area contributed by atoms with Crippen LogP contribution >= 0.6 is 11.3 Å². The number of hydrogen-bond donors (Lipinski definition) is 0. The molecule has 3 heterocycles. The topological polar surface area (TPSA) is 81.9 Å². The van der Waals surface area contributed by atoms with Crippen molar-refractivity contribution in [3.8, 4) is 11.5 Å². The van der Waals surface area contributed by atoms with E-state index in [0.717, 1.165) is 5.56 Å². The molecule has 1 aliphatic heterocycles. The van der Waals surface area contributed by atoms with Crippen LogP contribution in [0.4, 0.5) is 5.13 Å². The van der Waals surface area contributed by atoms with Gasteiger partial charge in [-0.2, -0.15) is 0 Å². The quantitative estimate of drug-likeness (QED) is 0.476. The van der Waals surface area contributed by atoms with Crippen LogP contribution in [0, 0.1) is 6.92 Å². The summed E-state index contributed by atoms with van der Waals surface area (Å²) >= 11 is 1.31. The van der Waals surface area contributed by atoms with Crippen LogP contribution in [-0.4, -0.2) is 25.1 Å². The highest BCUT2D eigenvalue weighted by Gasteiger charge is 2.46. The van der Waals surface area contributed by atoms with E-state index in [4.69, 9.17) is 13.9 Å². The molecule has 0 saturated heterocycles. The van der Waals surface area contributed by atoms with Gasteiger partial charge >= 0.3 is 0 Å². The van der Waals surface area contributed by atoms with Crippen molar-refractivity contribution in [2.45, 2.75) is 13.0 Å². The summed E-state index contributed by atoms with van der Waals surface area (Å²) in [5, 5.41) is 2.67. The summed E-state index contributed by atoms with van der Waals surface area (Å²) in [7, 11) is 3.07. The minimum absolute atomic E-state index is 0.0198. The average Bonchev–Trinajstić information content (AvgIpc) is 3.40. The zero-order chi connectivity index (χ0) is 21.7. The monoisotopic (exact) mass is 434 g/mol. The van der Waals surface area contributed by atoms with Crippen molar-refractivity contribution in [3.05, 3.63) is 80.6 Å². The van der Waals surface area contributed by atoms with Gasteiger partial charge in [-0.25, -0.2) is 4.98 Å². The molecule has 0 spiro atoms. The molecule has 31 heavy (non-hydrogen) atoms. The van der Waals surface area contributed by atoms with E-state index in [1.54, 1.807) is 43.0 Å². The largest absolute Gasteiger partial charge is 0.493 e. The highest BCUT2D eigenvalue weighted by Crippen LogP contribution is 2.46. The van der Waals surface area contributed by atoms with E-state index in [2.05, 4.69) is 4.98 Å². The van der Waals surface area contributed by atoms with Crippen LogP contribution in [-0.2, 0) is 0 Å². The second-order valence-corrected chi connectivity index (χ2v) is 8.02. The Morgan fingerprint density at radius 1 is 1.13 bits per heavy atom. The molecule has 1 aliphatic rings. The number of aryl methyl sites for hydroxylation is 1. The zero-order valence-electron chi connectivity index (χ0n) is 17.0. The van der Waals surface area contributed by atoms with Gasteiger partial charge in [-0.3, -0.25) is 14.5 Å². The van der Waals surface area contributed by atoms with E-state index in [1.807, 2.05) is 19.1 Å². The summed E-state index contributed by atoms with van der Waals surface area (Å²) in [6.45, 7) is 1.90. The Bertz CT molecular complexity index is 1380. The molecule has 0 aliphatic carbocycles. The van der Waals surface area contributed by atoms with Crippen molar-refractivity contribution in [2.24, 2.45) is 0 Å². The van der Waals surface area contributed by atoms with Gasteiger partial charge in [-0.1, -0.05) is 23.8 Å². The van der Waals surface area contributed by atoms with Gasteiger partial charge in [-0.05, 0) is 25.1 Å². The fraction of sp³-hybridized carbons (Fsp3) is 0.174. The second-order valence-electron chi connectivity index (χ2n) is 7.15. The van der Waals surface area contributed by atoms with Crippen LogP contribution in [0.25, 0.3) is 11.0 Å². The minimum atomic E-state index is -0.764. The van der Waals surface area contributed by atoms with Crippen molar-refractivity contribution in [3.63, 3.8) is 0 Å². The third kappa shape index (κ3) is 2.83. The lowest BCUT2D eigenvalue weighted by molar-refractivity contribution is 0.0970. The Balaban J connectivity index is 1.87. The van der Waals surface area contributed by atoms with Crippen LogP contribution in [0.5, 0.6) is 11.5 Å². The first kappa shape index (κ1) is 19.3. The van der Waals surface area contributed by atoms with E-state index in [0.29, 0.717) is 33.2 Å². The van der Waals surface area contributed by atoms with Crippen LogP contribution in [0.1, 0.15) is 33.3 Å². The van der Waals surface area contributed by atoms with Crippen LogP contribution in [0.3, 0.4) is 0 Å². The molecular weight excluding hydrogens is 416 g/mol. The predicted molar refractivity (Wildman–Crippen MR) is 118 cm³/mol. The van der Waals surface area contributed by atoms with Gasteiger partial charge in [0.15, 0.2) is 22.1 Å². The number of fused-ring (bicyclic) bond motifs is 2. The molecule has 1 amide bonds. The highest BCUT2D eigenvalue weighted by atomic mass is 32.1. The molecular formula is C23H18N2O5S. The third-order valence-corrected chi connectivity index (χ3v) is 6.15. The van der Waals surface area contributed by atoms with Crippen LogP contribution < -0.4 is 19.8 Å².